The summed E-state index contributed by atoms with van der Waals surface area (Å²) in [6.07, 6.45) is 4.91. The van der Waals surface area contributed by atoms with Crippen molar-refractivity contribution in [1.82, 2.24) is 9.80 Å². The van der Waals surface area contributed by atoms with Crippen LogP contribution in [0.5, 0.6) is 0 Å². The number of nitrogens with zero attached hydrogens (tertiary/aromatic N) is 2. The Morgan fingerprint density at radius 2 is 2.04 bits per heavy atom. The molecule has 1 unspecified atom stereocenters. The van der Waals surface area contributed by atoms with Crippen LogP contribution in [0.15, 0.2) is 24.3 Å². The van der Waals surface area contributed by atoms with Crippen LogP contribution in [0, 0.1) is 5.41 Å². The summed E-state index contributed by atoms with van der Waals surface area (Å²) in [6.45, 7) is 5.15. The maximum atomic E-state index is 12.1. The third-order valence-electron chi connectivity index (χ3n) is 5.69. The summed E-state index contributed by atoms with van der Waals surface area (Å²) < 4.78 is 0. The molecule has 2 aliphatic rings. The Balaban J connectivity index is 1.64. The van der Waals surface area contributed by atoms with Crippen LogP contribution in [-0.4, -0.2) is 60.1 Å². The van der Waals surface area contributed by atoms with E-state index in [1.54, 1.807) is 0 Å². The highest BCUT2D eigenvalue weighted by Gasteiger charge is 2.41. The first-order valence-corrected chi connectivity index (χ1v) is 9.53. The normalized spacial score (nSPS) is 24.9. The van der Waals surface area contributed by atoms with Gasteiger partial charge in [0.15, 0.2) is 0 Å². The summed E-state index contributed by atoms with van der Waals surface area (Å²) in [5, 5.41) is 9.23. The fourth-order valence-electron chi connectivity index (χ4n) is 4.51. The van der Waals surface area contributed by atoms with Crippen molar-refractivity contribution in [2.75, 3.05) is 39.3 Å². The average molecular weight is 345 g/mol. The number of carbonyl (C=O) groups excluding carboxylic acids is 1. The first-order chi connectivity index (χ1) is 12.1. The van der Waals surface area contributed by atoms with E-state index in [4.69, 9.17) is 5.73 Å². The Kier molecular flexibility index (Phi) is 6.10. The van der Waals surface area contributed by atoms with E-state index < -0.39 is 0 Å². The largest absolute Gasteiger partial charge is 0.395 e. The van der Waals surface area contributed by atoms with Crippen molar-refractivity contribution in [2.45, 2.75) is 38.6 Å². The van der Waals surface area contributed by atoms with Crippen LogP contribution < -0.4 is 5.73 Å². The molecule has 0 aromatic heterocycles. The second-order valence-corrected chi connectivity index (χ2v) is 7.71. The lowest BCUT2D eigenvalue weighted by molar-refractivity contribution is -0.140. The zero-order chi connectivity index (χ0) is 17.7. The third kappa shape index (κ3) is 4.60. The minimum Gasteiger partial charge on any atom is -0.395 e. The lowest BCUT2D eigenvalue weighted by Crippen LogP contribution is -2.54. The van der Waals surface area contributed by atoms with Crippen LogP contribution in [0.4, 0.5) is 0 Å². The molecule has 0 saturated carbocycles. The van der Waals surface area contributed by atoms with Crippen LogP contribution in [0.25, 0.3) is 0 Å². The summed E-state index contributed by atoms with van der Waals surface area (Å²) in [6, 6.07) is 8.75. The number of carbonyl (C=O) groups is 1. The molecule has 1 amide bonds. The van der Waals surface area contributed by atoms with Gasteiger partial charge in [0.2, 0.25) is 5.91 Å². The number of benzene rings is 1. The average Bonchev–Trinajstić information content (AvgIpc) is 2.60. The monoisotopic (exact) mass is 345 g/mol. The van der Waals surface area contributed by atoms with E-state index in [0.29, 0.717) is 19.5 Å². The molecule has 2 saturated heterocycles. The van der Waals surface area contributed by atoms with Gasteiger partial charge in [-0.15, -0.1) is 0 Å². The number of nitrogens with two attached hydrogens (primary N) is 1. The Hall–Kier alpha value is -1.43. The number of likely N-dealkylation sites (tertiary alicyclic amines) is 2. The van der Waals surface area contributed by atoms with Crippen molar-refractivity contribution >= 4 is 5.91 Å². The molecule has 3 N–H and O–H groups in total. The lowest BCUT2D eigenvalue weighted by Gasteiger charge is -2.48. The number of aliphatic hydroxyl groups excluding tert-OH is 1. The predicted octanol–water partition coefficient (Wildman–Crippen LogP) is 1.38. The molecule has 1 aromatic rings. The van der Waals surface area contributed by atoms with E-state index in [1.165, 1.54) is 24.0 Å². The minimum atomic E-state index is 0.0550. The van der Waals surface area contributed by atoms with Crippen molar-refractivity contribution < 1.29 is 9.90 Å². The molecule has 2 aliphatic heterocycles. The quantitative estimate of drug-likeness (QED) is 0.817. The van der Waals surface area contributed by atoms with E-state index in [-0.39, 0.29) is 17.9 Å². The van der Waals surface area contributed by atoms with Crippen molar-refractivity contribution in [3.05, 3.63) is 35.4 Å². The van der Waals surface area contributed by atoms with Crippen molar-refractivity contribution in [1.29, 1.82) is 0 Å². The molecule has 2 fully saturated rings. The van der Waals surface area contributed by atoms with Crippen molar-refractivity contribution in [3.63, 3.8) is 0 Å². The highest BCUT2D eigenvalue weighted by molar-refractivity contribution is 5.77. The molecular formula is C20H31N3O2. The molecule has 1 atom stereocenters. The van der Waals surface area contributed by atoms with Gasteiger partial charge in [-0.3, -0.25) is 9.69 Å². The number of piperidine rings is 2. The molecular weight excluding hydrogens is 314 g/mol. The molecule has 1 spiro atoms. The molecule has 25 heavy (non-hydrogen) atoms. The summed E-state index contributed by atoms with van der Waals surface area (Å²) in [5.74, 6) is 0.200. The van der Waals surface area contributed by atoms with Gasteiger partial charge < -0.3 is 15.7 Å². The highest BCUT2D eigenvalue weighted by Crippen LogP contribution is 2.39. The number of rotatable bonds is 6. The number of aliphatic hydroxyl groups is 1. The first kappa shape index (κ1) is 18.4. The van der Waals surface area contributed by atoms with Crippen LogP contribution in [0.3, 0.4) is 0 Å². The maximum absolute atomic E-state index is 12.1. The molecule has 0 aliphatic carbocycles. The summed E-state index contributed by atoms with van der Waals surface area (Å²) in [4.78, 5) is 16.5. The topological polar surface area (TPSA) is 69.8 Å². The van der Waals surface area contributed by atoms with Crippen LogP contribution in [-0.2, 0) is 17.8 Å². The Morgan fingerprint density at radius 3 is 2.84 bits per heavy atom. The molecule has 5 heteroatoms. The SMILES string of the molecule is NCCc1cccc(CN2CCCC3(CCC(=O)N(CCO)C3)C2)c1. The Bertz CT molecular complexity index is 592. The number of hydrogen-bond acceptors (Lipinski definition) is 4. The molecule has 1 aromatic carbocycles. The van der Waals surface area contributed by atoms with Gasteiger partial charge in [-0.2, -0.15) is 0 Å². The number of β-amino-alcohol motifs (C(OH)–C–C–N with tert-alkyl or cyclic N) is 1. The predicted molar refractivity (Wildman–Crippen MR) is 99.0 cm³/mol. The number of hydrogen-bond donors (Lipinski definition) is 2. The highest BCUT2D eigenvalue weighted by atomic mass is 16.3. The van der Waals surface area contributed by atoms with Gasteiger partial charge in [0, 0.05) is 38.0 Å². The van der Waals surface area contributed by atoms with Gasteiger partial charge in [0.25, 0.3) is 0 Å². The maximum Gasteiger partial charge on any atom is 0.222 e. The van der Waals surface area contributed by atoms with E-state index in [2.05, 4.69) is 29.2 Å². The summed E-state index contributed by atoms with van der Waals surface area (Å²) in [5.41, 5.74) is 8.54. The first-order valence-electron chi connectivity index (χ1n) is 9.53. The van der Waals surface area contributed by atoms with E-state index in [1.807, 2.05) is 4.90 Å². The minimum absolute atomic E-state index is 0.0550. The van der Waals surface area contributed by atoms with E-state index in [0.717, 1.165) is 39.0 Å². The summed E-state index contributed by atoms with van der Waals surface area (Å²) in [7, 11) is 0. The molecule has 0 radical (unpaired) electrons. The fourth-order valence-corrected chi connectivity index (χ4v) is 4.51. The summed E-state index contributed by atoms with van der Waals surface area (Å²) >= 11 is 0. The molecule has 2 heterocycles. The third-order valence-corrected chi connectivity index (χ3v) is 5.69. The van der Waals surface area contributed by atoms with E-state index in [9.17, 15) is 9.90 Å². The second-order valence-electron chi connectivity index (χ2n) is 7.71. The zero-order valence-electron chi connectivity index (χ0n) is 15.1. The van der Waals surface area contributed by atoms with Gasteiger partial charge in [-0.25, -0.2) is 0 Å². The molecule has 0 bridgehead atoms. The van der Waals surface area contributed by atoms with Crippen LogP contribution in [0.2, 0.25) is 0 Å². The molecule has 138 valence electrons. The zero-order valence-corrected chi connectivity index (χ0v) is 15.1. The standard InChI is InChI=1S/C20H31N3O2/c21-9-6-17-3-1-4-18(13-17)14-22-10-2-7-20(15-22)8-5-19(25)23(16-20)11-12-24/h1,3-4,13,24H,2,5-12,14-16,21H2. The molecule has 5 nitrogen and oxygen atoms in total. The Morgan fingerprint density at radius 1 is 1.20 bits per heavy atom. The van der Waals surface area contributed by atoms with Gasteiger partial charge >= 0.3 is 0 Å². The van der Waals surface area contributed by atoms with Crippen molar-refractivity contribution in [2.24, 2.45) is 11.1 Å². The van der Waals surface area contributed by atoms with Crippen LogP contribution >= 0.6 is 0 Å². The van der Waals surface area contributed by atoms with E-state index >= 15 is 0 Å². The smallest absolute Gasteiger partial charge is 0.222 e. The lowest BCUT2D eigenvalue weighted by atomic mass is 9.73. The second kappa shape index (κ2) is 8.30. The van der Waals surface area contributed by atoms with Gasteiger partial charge in [0.1, 0.15) is 0 Å². The fraction of sp³-hybridized carbons (Fsp3) is 0.650. The van der Waals surface area contributed by atoms with Gasteiger partial charge in [-0.1, -0.05) is 24.3 Å². The molecule has 3 rings (SSSR count). The number of amides is 1. The van der Waals surface area contributed by atoms with Gasteiger partial charge in [-0.05, 0) is 49.9 Å². The Labute approximate surface area is 150 Å². The van der Waals surface area contributed by atoms with Crippen molar-refractivity contribution in [3.8, 4) is 0 Å². The van der Waals surface area contributed by atoms with Gasteiger partial charge in [0.05, 0.1) is 6.61 Å². The van der Waals surface area contributed by atoms with Crippen LogP contribution in [0.1, 0.15) is 36.8 Å².